The molecule has 0 bridgehead atoms. The van der Waals surface area contributed by atoms with E-state index in [1.54, 1.807) is 0 Å². The minimum Gasteiger partial charge on any atom is -0.462 e. The molecule has 570 valence electrons. The van der Waals surface area contributed by atoms with Crippen LogP contribution in [0, 0.1) is 11.8 Å². The number of phosphoric acid groups is 2. The predicted octanol–water partition coefficient (Wildman–Crippen LogP) is 22.7. The SMILES string of the molecule is CCCCCCCCCCCCCCCCCCCCC(=O)O[C@H](COC(=O)CCCCCCCCCCCCCC(C)C)COP(=O)(O)OC[C@@H](O)COP(=O)(O)OC[C@@H](COC(=O)CCCCCCCCCCCCCC)OC(=O)CCCCCCCCCCCC(C)C. The smallest absolute Gasteiger partial charge is 0.462 e. The Morgan fingerprint density at radius 2 is 0.479 bits per heavy atom. The average molecular weight is 1410 g/mol. The van der Waals surface area contributed by atoms with Gasteiger partial charge in [-0.05, 0) is 37.5 Å². The molecule has 0 aliphatic carbocycles. The van der Waals surface area contributed by atoms with Gasteiger partial charge in [0.2, 0.25) is 0 Å². The van der Waals surface area contributed by atoms with Crippen LogP contribution >= 0.6 is 15.6 Å². The zero-order chi connectivity index (χ0) is 70.7. The van der Waals surface area contributed by atoms with E-state index in [1.165, 1.54) is 218 Å². The number of rotatable bonds is 76. The molecule has 0 fully saturated rings. The van der Waals surface area contributed by atoms with Crippen molar-refractivity contribution >= 4 is 39.5 Å². The standard InChI is InChI=1S/C77H150O17P2/c1-7-9-11-13-15-17-19-21-22-23-24-25-26-30-37-43-49-55-61-76(81)93-72(65-88-75(80)60-54-48-42-36-31-27-28-33-39-45-51-57-69(3)4)67-91-95(83,84)89-63-71(78)64-90-96(85,86)92-68-73(94-77(82)62-56-50-44-38-32-34-40-46-52-58-70(5)6)66-87-74(79)59-53-47-41-35-29-20-18-16-14-12-10-8-2/h69-73,78H,7-68H2,1-6H3,(H,83,84)(H,85,86)/t71-,72-,73-/m1/s1. The molecule has 0 saturated heterocycles. The lowest BCUT2D eigenvalue weighted by atomic mass is 10.0. The molecule has 17 nitrogen and oxygen atoms in total. The Bertz CT molecular complexity index is 1860. The fraction of sp³-hybridized carbons (Fsp3) is 0.948. The lowest BCUT2D eigenvalue weighted by molar-refractivity contribution is -0.161. The Morgan fingerprint density at radius 1 is 0.281 bits per heavy atom. The normalized spacial score (nSPS) is 14.0. The molecule has 0 aliphatic rings. The fourth-order valence-corrected chi connectivity index (χ4v) is 13.4. The van der Waals surface area contributed by atoms with Crippen LogP contribution in [0.3, 0.4) is 0 Å². The van der Waals surface area contributed by atoms with Crippen molar-refractivity contribution < 1.29 is 80.2 Å². The third kappa shape index (κ3) is 70.5. The van der Waals surface area contributed by atoms with E-state index in [9.17, 15) is 43.2 Å². The average Bonchev–Trinajstić information content (AvgIpc) is 1.13. The first kappa shape index (κ1) is 94.1. The molecule has 19 heteroatoms. The van der Waals surface area contributed by atoms with Gasteiger partial charge in [-0.15, -0.1) is 0 Å². The van der Waals surface area contributed by atoms with Crippen molar-refractivity contribution in [3.05, 3.63) is 0 Å². The van der Waals surface area contributed by atoms with Gasteiger partial charge in [0.25, 0.3) is 0 Å². The highest BCUT2D eigenvalue weighted by Gasteiger charge is 2.30. The maximum Gasteiger partial charge on any atom is 0.472 e. The number of carbonyl (C=O) groups excluding carboxylic acids is 4. The molecule has 3 N–H and O–H groups in total. The lowest BCUT2D eigenvalue weighted by Crippen LogP contribution is -2.30. The summed E-state index contributed by atoms with van der Waals surface area (Å²) in [6.45, 7) is 9.59. The van der Waals surface area contributed by atoms with Crippen molar-refractivity contribution in [1.82, 2.24) is 0 Å². The highest BCUT2D eigenvalue weighted by atomic mass is 31.2. The Labute approximate surface area is 588 Å². The van der Waals surface area contributed by atoms with Crippen LogP contribution in [-0.4, -0.2) is 96.7 Å². The summed E-state index contributed by atoms with van der Waals surface area (Å²) < 4.78 is 68.6. The molecule has 0 aliphatic heterocycles. The molecule has 0 spiro atoms. The second-order valence-electron chi connectivity index (χ2n) is 28.7. The van der Waals surface area contributed by atoms with Gasteiger partial charge in [0.05, 0.1) is 26.4 Å². The molecule has 5 atom stereocenters. The van der Waals surface area contributed by atoms with Crippen LogP contribution in [0.1, 0.15) is 401 Å². The van der Waals surface area contributed by atoms with E-state index in [1.807, 2.05) is 0 Å². The summed E-state index contributed by atoms with van der Waals surface area (Å²) >= 11 is 0. The monoisotopic (exact) mass is 1410 g/mol. The van der Waals surface area contributed by atoms with E-state index in [4.69, 9.17) is 37.0 Å². The number of hydrogen-bond acceptors (Lipinski definition) is 15. The van der Waals surface area contributed by atoms with Crippen LogP contribution in [0.25, 0.3) is 0 Å². The van der Waals surface area contributed by atoms with Crippen LogP contribution in [0.2, 0.25) is 0 Å². The first-order chi connectivity index (χ1) is 46.4. The number of aliphatic hydroxyl groups is 1. The Hall–Kier alpha value is -1.94. The molecule has 0 rings (SSSR count). The van der Waals surface area contributed by atoms with Crippen molar-refractivity contribution in [3.63, 3.8) is 0 Å². The third-order valence-electron chi connectivity index (χ3n) is 18.0. The molecule has 2 unspecified atom stereocenters. The van der Waals surface area contributed by atoms with Crippen LogP contribution in [0.15, 0.2) is 0 Å². The molecule has 0 amide bonds. The number of hydrogen-bond donors (Lipinski definition) is 3. The largest absolute Gasteiger partial charge is 0.472 e. The number of ether oxygens (including phenoxy) is 4. The summed E-state index contributed by atoms with van der Waals surface area (Å²) in [6.07, 6.45) is 56.8. The van der Waals surface area contributed by atoms with Crippen LogP contribution in [-0.2, 0) is 65.4 Å². The topological polar surface area (TPSA) is 237 Å². The van der Waals surface area contributed by atoms with Gasteiger partial charge >= 0.3 is 39.5 Å². The van der Waals surface area contributed by atoms with Crippen molar-refractivity contribution in [2.45, 2.75) is 419 Å². The molecule has 0 aromatic heterocycles. The van der Waals surface area contributed by atoms with Gasteiger partial charge in [-0.25, -0.2) is 9.13 Å². The van der Waals surface area contributed by atoms with E-state index in [2.05, 4.69) is 41.5 Å². The van der Waals surface area contributed by atoms with E-state index in [0.29, 0.717) is 25.7 Å². The maximum absolute atomic E-state index is 13.1. The van der Waals surface area contributed by atoms with Crippen molar-refractivity contribution in [1.29, 1.82) is 0 Å². The summed E-state index contributed by atoms with van der Waals surface area (Å²) in [6, 6.07) is 0. The fourth-order valence-electron chi connectivity index (χ4n) is 11.8. The number of aliphatic hydroxyl groups excluding tert-OH is 1. The van der Waals surface area contributed by atoms with Crippen molar-refractivity contribution in [2.24, 2.45) is 11.8 Å². The van der Waals surface area contributed by atoms with Gasteiger partial charge in [0.1, 0.15) is 19.3 Å². The Morgan fingerprint density at radius 3 is 0.708 bits per heavy atom. The third-order valence-corrected chi connectivity index (χ3v) is 19.9. The van der Waals surface area contributed by atoms with Crippen LogP contribution in [0.5, 0.6) is 0 Å². The Balaban J connectivity index is 5.25. The second kappa shape index (κ2) is 68.8. The summed E-state index contributed by atoms with van der Waals surface area (Å²) in [5.41, 5.74) is 0. The van der Waals surface area contributed by atoms with Gasteiger partial charge in [0, 0.05) is 25.7 Å². The van der Waals surface area contributed by atoms with Gasteiger partial charge in [-0.2, -0.15) is 0 Å². The molecule has 0 aromatic carbocycles. The highest BCUT2D eigenvalue weighted by molar-refractivity contribution is 7.47. The Kier molecular flexibility index (Phi) is 67.4. The first-order valence-corrected chi connectivity index (χ1v) is 43.0. The van der Waals surface area contributed by atoms with Gasteiger partial charge in [0.15, 0.2) is 12.2 Å². The molecule has 0 saturated carbocycles. The van der Waals surface area contributed by atoms with Crippen LogP contribution < -0.4 is 0 Å². The lowest BCUT2D eigenvalue weighted by Gasteiger charge is -2.21. The first-order valence-electron chi connectivity index (χ1n) is 40.0. The molecule has 96 heavy (non-hydrogen) atoms. The predicted molar refractivity (Wildman–Crippen MR) is 391 cm³/mol. The second-order valence-corrected chi connectivity index (χ2v) is 31.6. The quantitative estimate of drug-likeness (QED) is 0.0222. The van der Waals surface area contributed by atoms with Crippen molar-refractivity contribution in [3.8, 4) is 0 Å². The van der Waals surface area contributed by atoms with Crippen molar-refractivity contribution in [2.75, 3.05) is 39.6 Å². The number of unbranched alkanes of at least 4 members (excludes halogenated alkanes) is 46. The summed E-state index contributed by atoms with van der Waals surface area (Å²) in [5.74, 6) is -0.606. The number of phosphoric ester groups is 2. The highest BCUT2D eigenvalue weighted by Crippen LogP contribution is 2.45. The van der Waals surface area contributed by atoms with Gasteiger partial charge < -0.3 is 33.8 Å². The van der Waals surface area contributed by atoms with E-state index in [-0.39, 0.29) is 25.7 Å². The summed E-state index contributed by atoms with van der Waals surface area (Å²) in [4.78, 5) is 72.9. The van der Waals surface area contributed by atoms with Gasteiger partial charge in [-0.1, -0.05) is 350 Å². The van der Waals surface area contributed by atoms with E-state index in [0.717, 1.165) is 102 Å². The van der Waals surface area contributed by atoms with E-state index >= 15 is 0 Å². The molecular weight excluding hydrogens is 1260 g/mol. The molecule has 0 heterocycles. The molecular formula is C77H150O17P2. The maximum atomic E-state index is 13.1. The summed E-state index contributed by atoms with van der Waals surface area (Å²) in [5, 5.41) is 10.6. The molecule has 0 radical (unpaired) electrons. The van der Waals surface area contributed by atoms with Crippen LogP contribution in [0.4, 0.5) is 0 Å². The number of esters is 4. The number of carbonyl (C=O) groups is 4. The van der Waals surface area contributed by atoms with Gasteiger partial charge in [-0.3, -0.25) is 37.3 Å². The minimum atomic E-state index is -4.96. The minimum absolute atomic E-state index is 0.106. The summed E-state index contributed by atoms with van der Waals surface area (Å²) in [7, 11) is -9.91. The van der Waals surface area contributed by atoms with E-state index < -0.39 is 97.5 Å². The zero-order valence-corrected chi connectivity index (χ0v) is 64.5. The zero-order valence-electron chi connectivity index (χ0n) is 62.7. The molecule has 0 aromatic rings.